The van der Waals surface area contributed by atoms with E-state index in [1.807, 2.05) is 13.0 Å². The zero-order valence-electron chi connectivity index (χ0n) is 13.9. The van der Waals surface area contributed by atoms with Crippen molar-refractivity contribution in [2.75, 3.05) is 0 Å². The van der Waals surface area contributed by atoms with Gasteiger partial charge in [-0.25, -0.2) is 22.8 Å². The van der Waals surface area contributed by atoms with Crippen molar-refractivity contribution in [3.05, 3.63) is 41.2 Å². The van der Waals surface area contributed by atoms with E-state index in [1.165, 1.54) is 6.92 Å². The number of allylic oxidation sites excluding steroid dienone is 1. The third-order valence-corrected chi connectivity index (χ3v) is 4.27. The van der Waals surface area contributed by atoms with E-state index < -0.39 is 5.66 Å². The van der Waals surface area contributed by atoms with E-state index in [9.17, 15) is 4.79 Å². The molecule has 0 heterocycles. The van der Waals surface area contributed by atoms with Crippen LogP contribution in [0.3, 0.4) is 0 Å². The Hall–Kier alpha value is -2.47. The molecule has 0 aromatic heterocycles. The number of nitrogens with one attached hydrogen (secondary N) is 1. The molecular weight excluding hydrogens is 286 g/mol. The van der Waals surface area contributed by atoms with E-state index in [1.54, 1.807) is 0 Å². The largest absolute Gasteiger partial charge is 0.496 e. The van der Waals surface area contributed by atoms with Crippen LogP contribution >= 0.6 is 0 Å². The molecule has 1 fully saturated rings. The molecule has 0 aromatic rings. The van der Waals surface area contributed by atoms with Crippen LogP contribution in [0.1, 0.15) is 46.0 Å². The number of nitrogens with zero attached hydrogens (tertiary/aromatic N) is 2. The van der Waals surface area contributed by atoms with Gasteiger partial charge in [0.05, 0.1) is 0 Å². The molecule has 0 bridgehead atoms. The molecule has 4 heteroatoms. The number of hydrogen-bond acceptors (Lipinski definition) is 1. The summed E-state index contributed by atoms with van der Waals surface area (Å²) in [6.07, 6.45) is 5.03. The molecule has 0 saturated heterocycles. The average Bonchev–Trinajstić information content (AvgIpc) is 2.53. The number of carbonyl (C=O) groups excluding carboxylic acids is 1. The molecule has 4 nitrogen and oxygen atoms in total. The predicted octanol–water partition coefficient (Wildman–Crippen LogP) is 3.59. The summed E-state index contributed by atoms with van der Waals surface area (Å²) in [5.74, 6) is 5.79. The fourth-order valence-electron chi connectivity index (χ4n) is 3.25. The van der Waals surface area contributed by atoms with Gasteiger partial charge in [0.1, 0.15) is 5.92 Å². The second-order valence-corrected chi connectivity index (χ2v) is 5.84. The Bertz CT molecular complexity index is 606. The van der Waals surface area contributed by atoms with E-state index in [0.717, 1.165) is 12.8 Å². The van der Waals surface area contributed by atoms with Gasteiger partial charge in [-0.2, -0.15) is 0 Å². The number of amides is 1. The maximum atomic E-state index is 11.3. The molecule has 1 amide bonds. The van der Waals surface area contributed by atoms with Gasteiger partial charge in [-0.15, -0.1) is 11.7 Å². The third kappa shape index (κ3) is 4.75. The topological polar surface area (TPSA) is 37.8 Å². The Morgan fingerprint density at radius 2 is 2.09 bits per heavy atom. The van der Waals surface area contributed by atoms with Crippen LogP contribution in [-0.2, 0) is 4.79 Å². The summed E-state index contributed by atoms with van der Waals surface area (Å²) < 4.78 is 0. The van der Waals surface area contributed by atoms with Gasteiger partial charge in [-0.05, 0) is 25.3 Å². The van der Waals surface area contributed by atoms with Crippen LogP contribution in [0, 0.1) is 36.8 Å². The second kappa shape index (κ2) is 8.85. The first kappa shape index (κ1) is 18.6. The molecule has 1 saturated carbocycles. The summed E-state index contributed by atoms with van der Waals surface area (Å²) in [5.41, 5.74) is 1.65. The van der Waals surface area contributed by atoms with Gasteiger partial charge in [-0.1, -0.05) is 19.4 Å². The number of hydrogen-bond donors (Lipinski definition) is 1. The maximum absolute atomic E-state index is 11.3. The van der Waals surface area contributed by atoms with Crippen molar-refractivity contribution in [3.8, 4) is 11.8 Å². The molecule has 2 unspecified atom stereocenters. The molecule has 0 aromatic carbocycles. The monoisotopic (exact) mass is 309 g/mol. The lowest BCUT2D eigenvalue weighted by Gasteiger charge is -2.34. The minimum absolute atomic E-state index is 0.00438. The van der Waals surface area contributed by atoms with E-state index >= 15 is 0 Å². The normalized spacial score (nSPS) is 23.2. The van der Waals surface area contributed by atoms with Gasteiger partial charge in [0.2, 0.25) is 5.91 Å². The summed E-state index contributed by atoms with van der Waals surface area (Å²) in [6, 6.07) is 0.0780. The first-order valence-electron chi connectivity index (χ1n) is 7.89. The van der Waals surface area contributed by atoms with Gasteiger partial charge in [0, 0.05) is 25.3 Å². The van der Waals surface area contributed by atoms with Gasteiger partial charge in [-0.3, -0.25) is 4.79 Å². The highest BCUT2D eigenvalue weighted by Crippen LogP contribution is 2.43. The van der Waals surface area contributed by atoms with Crippen LogP contribution in [0.2, 0.25) is 0 Å². The van der Waals surface area contributed by atoms with E-state index in [0.29, 0.717) is 12.8 Å². The highest BCUT2D eigenvalue weighted by Gasteiger charge is 2.56. The van der Waals surface area contributed by atoms with Crippen LogP contribution in [0.5, 0.6) is 0 Å². The zero-order valence-corrected chi connectivity index (χ0v) is 13.9. The van der Waals surface area contributed by atoms with Crippen molar-refractivity contribution in [2.24, 2.45) is 11.8 Å². The minimum atomic E-state index is -1.15. The molecule has 0 spiro atoms. The first-order valence-corrected chi connectivity index (χ1v) is 7.89. The quantitative estimate of drug-likeness (QED) is 0.481. The molecule has 1 aliphatic rings. The molecule has 120 valence electrons. The highest BCUT2D eigenvalue weighted by atomic mass is 16.1. The molecule has 0 aliphatic heterocycles. The lowest BCUT2D eigenvalue weighted by atomic mass is 9.70. The van der Waals surface area contributed by atoms with Crippen LogP contribution in [0.25, 0.3) is 9.69 Å². The van der Waals surface area contributed by atoms with Crippen molar-refractivity contribution >= 4 is 5.91 Å². The SMILES string of the molecule is [C-]#[N+]C(CC#CCC)([N+]#[C-])C1CC[C@H](NC(C)=O)CC1C=C=C. The minimum Gasteiger partial charge on any atom is -0.354 e. The Kier molecular flexibility index (Phi) is 7.15. The van der Waals surface area contributed by atoms with Crippen LogP contribution in [-0.4, -0.2) is 17.6 Å². The van der Waals surface area contributed by atoms with Gasteiger partial charge in [0.25, 0.3) is 0 Å². The fraction of sp³-hybridized carbons (Fsp3) is 0.579. The summed E-state index contributed by atoms with van der Waals surface area (Å²) >= 11 is 0. The lowest BCUT2D eigenvalue weighted by molar-refractivity contribution is -0.120. The molecular formula is C19H23N3O. The average molecular weight is 309 g/mol. The Morgan fingerprint density at radius 1 is 1.39 bits per heavy atom. The van der Waals surface area contributed by atoms with Crippen molar-refractivity contribution in [3.63, 3.8) is 0 Å². The molecule has 1 aliphatic carbocycles. The fourth-order valence-corrected chi connectivity index (χ4v) is 3.25. The van der Waals surface area contributed by atoms with E-state index in [4.69, 9.17) is 13.1 Å². The van der Waals surface area contributed by atoms with E-state index in [2.05, 4.69) is 39.2 Å². The lowest BCUT2D eigenvalue weighted by Crippen LogP contribution is -2.45. The van der Waals surface area contributed by atoms with Crippen molar-refractivity contribution in [1.82, 2.24) is 5.32 Å². The van der Waals surface area contributed by atoms with Crippen molar-refractivity contribution < 1.29 is 4.79 Å². The third-order valence-electron chi connectivity index (χ3n) is 4.27. The zero-order chi connectivity index (χ0) is 17.3. The van der Waals surface area contributed by atoms with E-state index in [-0.39, 0.29) is 30.2 Å². The molecule has 3 atom stereocenters. The Balaban J connectivity index is 3.06. The van der Waals surface area contributed by atoms with Crippen molar-refractivity contribution in [1.29, 1.82) is 0 Å². The van der Waals surface area contributed by atoms with Gasteiger partial charge in [0.15, 0.2) is 6.42 Å². The second-order valence-electron chi connectivity index (χ2n) is 5.84. The van der Waals surface area contributed by atoms with Gasteiger partial charge < -0.3 is 5.32 Å². The summed E-state index contributed by atoms with van der Waals surface area (Å²) in [7, 11) is 0. The smallest absolute Gasteiger partial charge is 0.354 e. The summed E-state index contributed by atoms with van der Waals surface area (Å²) in [5, 5.41) is 2.94. The molecule has 0 radical (unpaired) electrons. The molecule has 1 rings (SSSR count). The van der Waals surface area contributed by atoms with Crippen molar-refractivity contribution in [2.45, 2.75) is 57.7 Å². The summed E-state index contributed by atoms with van der Waals surface area (Å²) in [6.45, 7) is 22.3. The van der Waals surface area contributed by atoms with Crippen LogP contribution < -0.4 is 5.32 Å². The number of rotatable bonds is 4. The number of carbonyl (C=O) groups is 1. The predicted molar refractivity (Wildman–Crippen MR) is 90.8 cm³/mol. The maximum Gasteiger partial charge on any atom is 0.496 e. The van der Waals surface area contributed by atoms with Crippen LogP contribution in [0.15, 0.2) is 18.4 Å². The standard InChI is InChI=1S/C19H23N3O/c1-6-8-9-13-19(20-4,21-5)18-12-11-17(22-15(3)23)14-16(18)10-7-2/h10,16-18H,2,6,11-14H2,1,3H3,(H,22,23)/t16?,17-,18?/m0/s1. The summed E-state index contributed by atoms with van der Waals surface area (Å²) in [4.78, 5) is 18.7. The first-order chi connectivity index (χ1) is 11.0. The molecule has 23 heavy (non-hydrogen) atoms. The Morgan fingerprint density at radius 3 is 2.61 bits per heavy atom. The van der Waals surface area contributed by atoms with Gasteiger partial charge >= 0.3 is 5.66 Å². The molecule has 1 N–H and O–H groups in total. The highest BCUT2D eigenvalue weighted by molar-refractivity contribution is 5.73. The Labute approximate surface area is 139 Å². The van der Waals surface area contributed by atoms with Crippen LogP contribution in [0.4, 0.5) is 0 Å².